The van der Waals surface area contributed by atoms with Gasteiger partial charge in [0.25, 0.3) is 0 Å². The zero-order valence-corrected chi connectivity index (χ0v) is 7.33. The summed E-state index contributed by atoms with van der Waals surface area (Å²) in [6.45, 7) is 0.330. The maximum absolute atomic E-state index is 13.5. The van der Waals surface area contributed by atoms with Crippen LogP contribution in [0, 0.1) is 0 Å². The van der Waals surface area contributed by atoms with Crippen LogP contribution in [-0.4, -0.2) is 22.2 Å². The van der Waals surface area contributed by atoms with Gasteiger partial charge in [0.2, 0.25) is 5.95 Å². The normalized spacial score (nSPS) is 19.2. The van der Waals surface area contributed by atoms with Gasteiger partial charge in [0, 0.05) is 12.4 Å². The number of hydrogen-bond donors (Lipinski definition) is 1. The Hall–Kier alpha value is -1.19. The van der Waals surface area contributed by atoms with E-state index in [1.54, 1.807) is 18.5 Å². The van der Waals surface area contributed by atoms with Crippen molar-refractivity contribution < 1.29 is 4.39 Å². The van der Waals surface area contributed by atoms with Crippen molar-refractivity contribution in [1.82, 2.24) is 9.97 Å². The predicted octanol–water partition coefficient (Wildman–Crippen LogP) is 1.78. The molecule has 0 radical (unpaired) electrons. The van der Waals surface area contributed by atoms with Gasteiger partial charge in [0.15, 0.2) is 0 Å². The Morgan fingerprint density at radius 3 is 2.62 bits per heavy atom. The number of aromatic nitrogens is 2. The molecule has 1 aliphatic carbocycles. The number of halogens is 1. The van der Waals surface area contributed by atoms with Crippen LogP contribution in [0.1, 0.15) is 19.3 Å². The van der Waals surface area contributed by atoms with Gasteiger partial charge in [-0.3, -0.25) is 0 Å². The maximum Gasteiger partial charge on any atom is 0.222 e. The summed E-state index contributed by atoms with van der Waals surface area (Å²) in [5, 5.41) is 2.89. The smallest absolute Gasteiger partial charge is 0.222 e. The van der Waals surface area contributed by atoms with E-state index in [-0.39, 0.29) is 0 Å². The lowest BCUT2D eigenvalue weighted by Crippen LogP contribution is -2.39. The molecule has 0 bridgehead atoms. The number of alkyl halides is 1. The van der Waals surface area contributed by atoms with Crippen LogP contribution in [0.3, 0.4) is 0 Å². The highest BCUT2D eigenvalue weighted by Gasteiger charge is 2.36. The van der Waals surface area contributed by atoms with E-state index in [4.69, 9.17) is 0 Å². The van der Waals surface area contributed by atoms with Crippen molar-refractivity contribution in [3.8, 4) is 0 Å². The van der Waals surface area contributed by atoms with Gasteiger partial charge in [-0.1, -0.05) is 0 Å². The van der Waals surface area contributed by atoms with Gasteiger partial charge in [0.05, 0.1) is 6.54 Å². The van der Waals surface area contributed by atoms with Crippen molar-refractivity contribution in [1.29, 1.82) is 0 Å². The third kappa shape index (κ3) is 1.94. The Balaban J connectivity index is 1.86. The van der Waals surface area contributed by atoms with E-state index in [0.29, 0.717) is 25.3 Å². The molecule has 1 fully saturated rings. The summed E-state index contributed by atoms with van der Waals surface area (Å²) >= 11 is 0. The second-order valence-corrected chi connectivity index (χ2v) is 3.43. The number of anilines is 1. The molecule has 1 N–H and O–H groups in total. The van der Waals surface area contributed by atoms with Crippen LogP contribution in [-0.2, 0) is 0 Å². The van der Waals surface area contributed by atoms with Crippen LogP contribution >= 0.6 is 0 Å². The van der Waals surface area contributed by atoms with E-state index >= 15 is 0 Å². The van der Waals surface area contributed by atoms with E-state index in [1.807, 2.05) is 0 Å². The summed E-state index contributed by atoms with van der Waals surface area (Å²) in [6.07, 6.45) is 5.59. The molecule has 0 amide bonds. The van der Waals surface area contributed by atoms with E-state index in [9.17, 15) is 4.39 Å². The highest BCUT2D eigenvalue weighted by molar-refractivity contribution is 5.23. The van der Waals surface area contributed by atoms with Crippen molar-refractivity contribution in [3.63, 3.8) is 0 Å². The summed E-state index contributed by atoms with van der Waals surface area (Å²) < 4.78 is 13.5. The summed E-state index contributed by atoms with van der Waals surface area (Å²) in [5.41, 5.74) is -1.01. The lowest BCUT2D eigenvalue weighted by atomic mass is 9.82. The third-order valence-corrected chi connectivity index (χ3v) is 2.38. The van der Waals surface area contributed by atoms with Crippen molar-refractivity contribution in [3.05, 3.63) is 18.5 Å². The van der Waals surface area contributed by atoms with Crippen LogP contribution in [0.2, 0.25) is 0 Å². The fourth-order valence-electron chi connectivity index (χ4n) is 1.37. The summed E-state index contributed by atoms with van der Waals surface area (Å²) in [4.78, 5) is 7.90. The molecule has 13 heavy (non-hydrogen) atoms. The minimum absolute atomic E-state index is 0.330. The lowest BCUT2D eigenvalue weighted by Gasteiger charge is -2.33. The fourth-order valence-corrected chi connectivity index (χ4v) is 1.37. The zero-order chi connectivity index (χ0) is 9.15. The van der Waals surface area contributed by atoms with E-state index in [0.717, 1.165) is 6.42 Å². The van der Waals surface area contributed by atoms with Gasteiger partial charge >= 0.3 is 0 Å². The Bertz CT molecular complexity index is 271. The molecule has 1 aromatic heterocycles. The first-order chi connectivity index (χ1) is 6.29. The third-order valence-electron chi connectivity index (χ3n) is 2.38. The molecule has 70 valence electrons. The first-order valence-electron chi connectivity index (χ1n) is 4.48. The molecule has 1 aromatic rings. The van der Waals surface area contributed by atoms with Gasteiger partial charge in [0.1, 0.15) is 5.67 Å². The Kier molecular flexibility index (Phi) is 2.12. The van der Waals surface area contributed by atoms with Gasteiger partial charge in [-0.25, -0.2) is 14.4 Å². The Morgan fingerprint density at radius 1 is 1.38 bits per heavy atom. The second kappa shape index (κ2) is 3.28. The van der Waals surface area contributed by atoms with Crippen molar-refractivity contribution >= 4 is 5.95 Å². The molecule has 0 unspecified atom stereocenters. The number of nitrogens with one attached hydrogen (secondary N) is 1. The SMILES string of the molecule is FC1(CNc2ncccn2)CCC1. The summed E-state index contributed by atoms with van der Waals surface area (Å²) in [6, 6.07) is 1.74. The standard InChI is InChI=1S/C9H12FN3/c10-9(3-1-4-9)7-13-8-11-5-2-6-12-8/h2,5-6H,1,3-4,7H2,(H,11,12,13). The summed E-state index contributed by atoms with van der Waals surface area (Å²) in [7, 11) is 0. The number of hydrogen-bond acceptors (Lipinski definition) is 3. The lowest BCUT2D eigenvalue weighted by molar-refractivity contribution is 0.0782. The summed E-state index contributed by atoms with van der Waals surface area (Å²) in [5.74, 6) is 0.506. The van der Waals surface area contributed by atoms with Crippen molar-refractivity contribution in [2.24, 2.45) is 0 Å². The molecular formula is C9H12FN3. The van der Waals surface area contributed by atoms with Gasteiger partial charge < -0.3 is 5.32 Å². The number of nitrogens with zero attached hydrogens (tertiary/aromatic N) is 2. The fraction of sp³-hybridized carbons (Fsp3) is 0.556. The van der Waals surface area contributed by atoms with Crippen LogP contribution in [0.25, 0.3) is 0 Å². The predicted molar refractivity (Wildman–Crippen MR) is 48.2 cm³/mol. The monoisotopic (exact) mass is 181 g/mol. The van der Waals surface area contributed by atoms with Gasteiger partial charge in [-0.15, -0.1) is 0 Å². The molecule has 1 saturated carbocycles. The molecular weight excluding hydrogens is 169 g/mol. The zero-order valence-electron chi connectivity index (χ0n) is 7.33. The van der Waals surface area contributed by atoms with E-state index in [2.05, 4.69) is 15.3 Å². The molecule has 0 aromatic carbocycles. The van der Waals surface area contributed by atoms with Crippen LogP contribution in [0.15, 0.2) is 18.5 Å². The highest BCUT2D eigenvalue weighted by atomic mass is 19.1. The van der Waals surface area contributed by atoms with Crippen LogP contribution < -0.4 is 5.32 Å². The highest BCUT2D eigenvalue weighted by Crippen LogP contribution is 2.35. The van der Waals surface area contributed by atoms with Crippen LogP contribution in [0.4, 0.5) is 10.3 Å². The molecule has 1 heterocycles. The molecule has 1 aliphatic rings. The molecule has 3 nitrogen and oxygen atoms in total. The van der Waals surface area contributed by atoms with E-state index < -0.39 is 5.67 Å². The average molecular weight is 181 g/mol. The maximum atomic E-state index is 13.5. The molecule has 0 atom stereocenters. The van der Waals surface area contributed by atoms with Gasteiger partial charge in [-0.05, 0) is 25.3 Å². The molecule has 0 spiro atoms. The van der Waals surface area contributed by atoms with Crippen molar-refractivity contribution in [2.75, 3.05) is 11.9 Å². The minimum Gasteiger partial charge on any atom is -0.351 e. The Labute approximate surface area is 76.4 Å². The van der Waals surface area contributed by atoms with Gasteiger partial charge in [-0.2, -0.15) is 0 Å². The average Bonchev–Trinajstić information content (AvgIpc) is 2.13. The van der Waals surface area contributed by atoms with Crippen LogP contribution in [0.5, 0.6) is 0 Å². The largest absolute Gasteiger partial charge is 0.351 e. The minimum atomic E-state index is -1.01. The second-order valence-electron chi connectivity index (χ2n) is 3.43. The Morgan fingerprint density at radius 2 is 2.08 bits per heavy atom. The van der Waals surface area contributed by atoms with Crippen molar-refractivity contribution in [2.45, 2.75) is 24.9 Å². The molecule has 0 aliphatic heterocycles. The first kappa shape index (κ1) is 8.41. The molecule has 2 rings (SSSR count). The quantitative estimate of drug-likeness (QED) is 0.772. The molecule has 0 saturated heterocycles. The number of rotatable bonds is 3. The topological polar surface area (TPSA) is 37.8 Å². The van der Waals surface area contributed by atoms with E-state index in [1.165, 1.54) is 0 Å². The first-order valence-corrected chi connectivity index (χ1v) is 4.48. The molecule has 4 heteroatoms.